The van der Waals surface area contributed by atoms with Crippen molar-refractivity contribution in [1.82, 2.24) is 4.57 Å². The molecule has 0 aliphatic heterocycles. The van der Waals surface area contributed by atoms with Crippen molar-refractivity contribution in [2.45, 2.75) is 6.54 Å². The minimum absolute atomic E-state index is 0.169. The van der Waals surface area contributed by atoms with E-state index in [1.807, 2.05) is 30.5 Å². The highest BCUT2D eigenvalue weighted by molar-refractivity contribution is 7.99. The molecule has 2 aromatic rings. The molecule has 0 fully saturated rings. The van der Waals surface area contributed by atoms with Gasteiger partial charge in [0.2, 0.25) is 0 Å². The molecule has 0 aliphatic rings. The van der Waals surface area contributed by atoms with Gasteiger partial charge in [-0.2, -0.15) is 0 Å². The molecule has 0 atom stereocenters. The third-order valence-corrected chi connectivity index (χ3v) is 3.52. The van der Waals surface area contributed by atoms with Crippen molar-refractivity contribution in [1.29, 1.82) is 0 Å². The highest BCUT2D eigenvalue weighted by Crippen LogP contribution is 2.20. The van der Waals surface area contributed by atoms with Crippen LogP contribution in [-0.4, -0.2) is 27.1 Å². The summed E-state index contributed by atoms with van der Waals surface area (Å²) in [5, 5.41) is 8.58. The zero-order chi connectivity index (χ0) is 12.8. The van der Waals surface area contributed by atoms with E-state index in [0.29, 0.717) is 0 Å². The van der Waals surface area contributed by atoms with Crippen LogP contribution in [0.4, 0.5) is 0 Å². The predicted octanol–water partition coefficient (Wildman–Crippen LogP) is 2.97. The predicted molar refractivity (Wildman–Crippen MR) is 74.8 cm³/mol. The number of nitrogens with zero attached hydrogens (tertiary/aromatic N) is 1. The highest BCUT2D eigenvalue weighted by atomic mass is 32.2. The fourth-order valence-corrected chi connectivity index (χ4v) is 2.45. The molecule has 0 aliphatic carbocycles. The summed E-state index contributed by atoms with van der Waals surface area (Å²) in [5.41, 5.74) is 2.36. The van der Waals surface area contributed by atoms with Gasteiger partial charge in [-0.25, -0.2) is 0 Å². The van der Waals surface area contributed by atoms with Crippen molar-refractivity contribution in [3.05, 3.63) is 48.7 Å². The SMILES string of the molecule is O=C(O)CSCCn1cccc1-c1ccccc1. The van der Waals surface area contributed by atoms with Crippen molar-refractivity contribution < 1.29 is 9.90 Å². The lowest BCUT2D eigenvalue weighted by Crippen LogP contribution is -2.04. The van der Waals surface area contributed by atoms with E-state index < -0.39 is 5.97 Å². The quantitative estimate of drug-likeness (QED) is 0.813. The van der Waals surface area contributed by atoms with Gasteiger partial charge in [-0.1, -0.05) is 30.3 Å². The van der Waals surface area contributed by atoms with Crippen LogP contribution in [0.2, 0.25) is 0 Å². The zero-order valence-corrected chi connectivity index (χ0v) is 10.8. The second kappa shape index (κ2) is 6.31. The number of aryl methyl sites for hydroxylation is 1. The molecule has 0 bridgehead atoms. The molecule has 1 aromatic carbocycles. The van der Waals surface area contributed by atoms with E-state index in [0.717, 1.165) is 12.3 Å². The number of carboxylic acid groups (broad SMARTS) is 1. The molecule has 1 aromatic heterocycles. The Labute approximate surface area is 110 Å². The first-order chi connectivity index (χ1) is 8.77. The average molecular weight is 261 g/mol. The van der Waals surface area contributed by atoms with Gasteiger partial charge in [0.15, 0.2) is 0 Å². The van der Waals surface area contributed by atoms with E-state index in [1.54, 1.807) is 0 Å². The average Bonchev–Trinajstić information content (AvgIpc) is 2.84. The van der Waals surface area contributed by atoms with Gasteiger partial charge in [0.05, 0.1) is 5.75 Å². The molecule has 0 unspecified atom stereocenters. The smallest absolute Gasteiger partial charge is 0.313 e. The van der Waals surface area contributed by atoms with E-state index in [1.165, 1.54) is 23.0 Å². The first kappa shape index (κ1) is 12.8. The highest BCUT2D eigenvalue weighted by Gasteiger charge is 2.03. The number of hydrogen-bond donors (Lipinski definition) is 1. The van der Waals surface area contributed by atoms with Crippen LogP contribution in [0.15, 0.2) is 48.7 Å². The fraction of sp³-hybridized carbons (Fsp3) is 0.214. The molecular formula is C14H15NO2S. The number of thioether (sulfide) groups is 1. The summed E-state index contributed by atoms with van der Waals surface area (Å²) in [4.78, 5) is 10.4. The Bertz CT molecular complexity index is 508. The maximum Gasteiger partial charge on any atom is 0.313 e. The molecule has 0 spiro atoms. The molecular weight excluding hydrogens is 246 g/mol. The van der Waals surface area contributed by atoms with E-state index in [9.17, 15) is 4.79 Å². The Hall–Kier alpha value is -1.68. The van der Waals surface area contributed by atoms with Crippen LogP contribution in [0.5, 0.6) is 0 Å². The lowest BCUT2D eigenvalue weighted by Gasteiger charge is -2.08. The number of aromatic nitrogens is 1. The van der Waals surface area contributed by atoms with E-state index >= 15 is 0 Å². The Kier molecular flexibility index (Phi) is 4.47. The lowest BCUT2D eigenvalue weighted by molar-refractivity contribution is -0.133. The van der Waals surface area contributed by atoms with Crippen molar-refractivity contribution in [3.8, 4) is 11.3 Å². The standard InChI is InChI=1S/C14H15NO2S/c16-14(17)11-18-10-9-15-8-4-7-13(15)12-5-2-1-3-6-12/h1-8H,9-11H2,(H,16,17). The molecule has 4 heteroatoms. The van der Waals surface area contributed by atoms with Crippen LogP contribution < -0.4 is 0 Å². The largest absolute Gasteiger partial charge is 0.481 e. The first-order valence-electron chi connectivity index (χ1n) is 5.77. The number of carbonyl (C=O) groups is 1. The molecule has 3 nitrogen and oxygen atoms in total. The second-order valence-electron chi connectivity index (χ2n) is 3.90. The van der Waals surface area contributed by atoms with Crippen molar-refractivity contribution in [2.24, 2.45) is 0 Å². The van der Waals surface area contributed by atoms with Gasteiger partial charge >= 0.3 is 5.97 Å². The van der Waals surface area contributed by atoms with Crippen molar-refractivity contribution in [3.63, 3.8) is 0 Å². The maximum atomic E-state index is 10.4. The first-order valence-corrected chi connectivity index (χ1v) is 6.93. The van der Waals surface area contributed by atoms with Gasteiger partial charge in [0.25, 0.3) is 0 Å². The normalized spacial score (nSPS) is 10.4. The van der Waals surface area contributed by atoms with Crippen LogP contribution in [-0.2, 0) is 11.3 Å². The van der Waals surface area contributed by atoms with Crippen LogP contribution in [0, 0.1) is 0 Å². The third kappa shape index (κ3) is 3.40. The number of carboxylic acids is 1. The third-order valence-electron chi connectivity index (χ3n) is 2.60. The summed E-state index contributed by atoms with van der Waals surface area (Å²) >= 11 is 1.44. The van der Waals surface area contributed by atoms with Crippen LogP contribution in [0.25, 0.3) is 11.3 Å². The summed E-state index contributed by atoms with van der Waals surface area (Å²) < 4.78 is 2.16. The molecule has 0 saturated carbocycles. The number of hydrogen-bond acceptors (Lipinski definition) is 2. The number of aliphatic carboxylic acids is 1. The fourth-order valence-electron chi connectivity index (χ4n) is 1.80. The summed E-state index contributed by atoms with van der Waals surface area (Å²) in [6.45, 7) is 0.829. The van der Waals surface area contributed by atoms with Crippen LogP contribution in [0.1, 0.15) is 0 Å². The maximum absolute atomic E-state index is 10.4. The molecule has 1 N–H and O–H groups in total. The second-order valence-corrected chi connectivity index (χ2v) is 5.00. The molecule has 0 saturated heterocycles. The van der Waals surface area contributed by atoms with Gasteiger partial charge in [-0.15, -0.1) is 11.8 Å². The van der Waals surface area contributed by atoms with Gasteiger partial charge < -0.3 is 9.67 Å². The molecule has 94 valence electrons. The van der Waals surface area contributed by atoms with Crippen LogP contribution in [0.3, 0.4) is 0 Å². The number of benzene rings is 1. The summed E-state index contributed by atoms with van der Waals surface area (Å²) in [5.74, 6) is 0.221. The van der Waals surface area contributed by atoms with Gasteiger partial charge in [0, 0.05) is 24.2 Å². The molecule has 0 amide bonds. The molecule has 18 heavy (non-hydrogen) atoms. The Balaban J connectivity index is 1.98. The van der Waals surface area contributed by atoms with Gasteiger partial charge in [0.1, 0.15) is 0 Å². The minimum Gasteiger partial charge on any atom is -0.481 e. The topological polar surface area (TPSA) is 42.2 Å². The monoisotopic (exact) mass is 261 g/mol. The van der Waals surface area contributed by atoms with Gasteiger partial charge in [-0.3, -0.25) is 4.79 Å². The summed E-state index contributed by atoms with van der Waals surface area (Å²) in [7, 11) is 0. The van der Waals surface area contributed by atoms with Crippen LogP contribution >= 0.6 is 11.8 Å². The lowest BCUT2D eigenvalue weighted by atomic mass is 10.1. The number of rotatable bonds is 6. The van der Waals surface area contributed by atoms with Crippen molar-refractivity contribution in [2.75, 3.05) is 11.5 Å². The molecule has 2 rings (SSSR count). The zero-order valence-electron chi connectivity index (χ0n) is 9.95. The minimum atomic E-state index is -0.754. The summed E-state index contributed by atoms with van der Waals surface area (Å²) in [6, 6.07) is 14.3. The van der Waals surface area contributed by atoms with Gasteiger partial charge in [-0.05, 0) is 17.7 Å². The molecule has 0 radical (unpaired) electrons. The summed E-state index contributed by atoms with van der Waals surface area (Å²) in [6.07, 6.45) is 2.03. The Morgan fingerprint density at radius 3 is 2.67 bits per heavy atom. The van der Waals surface area contributed by atoms with E-state index in [4.69, 9.17) is 5.11 Å². The Morgan fingerprint density at radius 1 is 1.17 bits per heavy atom. The van der Waals surface area contributed by atoms with E-state index in [2.05, 4.69) is 22.8 Å². The Morgan fingerprint density at radius 2 is 1.94 bits per heavy atom. The van der Waals surface area contributed by atoms with Crippen molar-refractivity contribution >= 4 is 17.7 Å². The molecule has 1 heterocycles. The van der Waals surface area contributed by atoms with E-state index in [-0.39, 0.29) is 5.75 Å².